The van der Waals surface area contributed by atoms with Gasteiger partial charge in [0.15, 0.2) is 5.82 Å². The maximum atomic E-state index is 12.6. The van der Waals surface area contributed by atoms with E-state index in [1.165, 1.54) is 6.42 Å². The summed E-state index contributed by atoms with van der Waals surface area (Å²) in [6.45, 7) is 4.94. The summed E-state index contributed by atoms with van der Waals surface area (Å²) in [5.41, 5.74) is 0.757. The summed E-state index contributed by atoms with van der Waals surface area (Å²) in [4.78, 5) is 31.2. The molecule has 4 rings (SSSR count). The predicted molar refractivity (Wildman–Crippen MR) is 108 cm³/mol. The monoisotopic (exact) mass is 384 g/mol. The summed E-state index contributed by atoms with van der Waals surface area (Å²) < 4.78 is 3.34. The molecule has 1 saturated carbocycles. The third kappa shape index (κ3) is 4.32. The number of nitrogens with zero attached hydrogens (tertiary/aromatic N) is 5. The van der Waals surface area contributed by atoms with Gasteiger partial charge in [-0.25, -0.2) is 9.67 Å². The minimum atomic E-state index is -0.0635. The van der Waals surface area contributed by atoms with Crippen LogP contribution in [0.15, 0.2) is 34.1 Å². The standard InChI is InChI=1S/C20H28N6O2/c1-15-5-8-18(27)26(23-15)13-12-24-10-3-2-4-17(24)14-22-19-20(28)25(11-9-21-19)16-6-7-16/h5,8-9,11,16-17H,2-4,6-7,10,12-14H2,1H3,(H,21,22). The van der Waals surface area contributed by atoms with Crippen LogP contribution >= 0.6 is 0 Å². The van der Waals surface area contributed by atoms with Gasteiger partial charge >= 0.3 is 0 Å². The molecule has 2 fully saturated rings. The topological polar surface area (TPSA) is 85.0 Å². The first-order valence-corrected chi connectivity index (χ1v) is 10.2. The van der Waals surface area contributed by atoms with E-state index in [4.69, 9.17) is 0 Å². The Bertz CT molecular complexity index is 933. The SMILES string of the molecule is Cc1ccc(=O)n(CCN2CCCCC2CNc2nccn(C3CC3)c2=O)n1. The zero-order valence-electron chi connectivity index (χ0n) is 16.4. The molecule has 1 unspecified atom stereocenters. The van der Waals surface area contributed by atoms with Crippen LogP contribution < -0.4 is 16.4 Å². The Morgan fingerprint density at radius 1 is 1.14 bits per heavy atom. The highest BCUT2D eigenvalue weighted by Gasteiger charge is 2.26. The summed E-state index contributed by atoms with van der Waals surface area (Å²) in [7, 11) is 0. The van der Waals surface area contributed by atoms with E-state index in [0.29, 0.717) is 31.0 Å². The van der Waals surface area contributed by atoms with Crippen molar-refractivity contribution < 1.29 is 0 Å². The highest BCUT2D eigenvalue weighted by Crippen LogP contribution is 2.33. The van der Waals surface area contributed by atoms with E-state index >= 15 is 0 Å². The average molecular weight is 384 g/mol. The van der Waals surface area contributed by atoms with E-state index in [1.807, 2.05) is 6.92 Å². The smallest absolute Gasteiger partial charge is 0.293 e. The van der Waals surface area contributed by atoms with E-state index in [-0.39, 0.29) is 11.1 Å². The molecule has 8 heteroatoms. The van der Waals surface area contributed by atoms with Crippen molar-refractivity contribution in [3.8, 4) is 0 Å². The Morgan fingerprint density at radius 2 is 2.00 bits per heavy atom. The number of hydrogen-bond acceptors (Lipinski definition) is 6. The summed E-state index contributed by atoms with van der Waals surface area (Å²) in [6.07, 6.45) is 9.05. The van der Waals surface area contributed by atoms with Gasteiger partial charge in [-0.1, -0.05) is 6.42 Å². The largest absolute Gasteiger partial charge is 0.364 e. The Morgan fingerprint density at radius 3 is 2.82 bits per heavy atom. The predicted octanol–water partition coefficient (Wildman–Crippen LogP) is 1.41. The van der Waals surface area contributed by atoms with Crippen LogP contribution in [0, 0.1) is 6.92 Å². The van der Waals surface area contributed by atoms with E-state index in [2.05, 4.69) is 20.3 Å². The summed E-state index contributed by atoms with van der Waals surface area (Å²) >= 11 is 0. The number of aromatic nitrogens is 4. The molecular formula is C20H28N6O2. The van der Waals surface area contributed by atoms with Gasteiger partial charge in [0.25, 0.3) is 11.1 Å². The lowest BCUT2D eigenvalue weighted by Crippen LogP contribution is -2.46. The van der Waals surface area contributed by atoms with Crippen molar-refractivity contribution in [3.63, 3.8) is 0 Å². The fraction of sp³-hybridized carbons (Fsp3) is 0.600. The summed E-state index contributed by atoms with van der Waals surface area (Å²) in [5, 5.41) is 7.61. The van der Waals surface area contributed by atoms with Crippen LogP contribution in [0.25, 0.3) is 0 Å². The molecule has 0 radical (unpaired) electrons. The Kier molecular flexibility index (Phi) is 5.57. The van der Waals surface area contributed by atoms with Gasteiger partial charge in [-0.3, -0.25) is 14.5 Å². The first-order chi connectivity index (χ1) is 13.6. The van der Waals surface area contributed by atoms with Crippen LogP contribution in [0.2, 0.25) is 0 Å². The number of piperidine rings is 1. The summed E-state index contributed by atoms with van der Waals surface area (Å²) in [6, 6.07) is 3.99. The minimum absolute atomic E-state index is 0.0251. The summed E-state index contributed by atoms with van der Waals surface area (Å²) in [5.74, 6) is 0.441. The first-order valence-electron chi connectivity index (χ1n) is 10.2. The van der Waals surface area contributed by atoms with E-state index in [1.54, 1.807) is 33.8 Å². The van der Waals surface area contributed by atoms with Crippen molar-refractivity contribution in [3.05, 3.63) is 50.9 Å². The Balaban J connectivity index is 1.39. The molecule has 28 heavy (non-hydrogen) atoms. The molecule has 3 heterocycles. The number of hydrogen-bond donors (Lipinski definition) is 1. The maximum Gasteiger partial charge on any atom is 0.293 e. The second-order valence-corrected chi connectivity index (χ2v) is 7.82. The lowest BCUT2D eigenvalue weighted by atomic mass is 10.0. The van der Waals surface area contributed by atoms with Gasteiger partial charge < -0.3 is 9.88 Å². The van der Waals surface area contributed by atoms with Gasteiger partial charge in [0.05, 0.1) is 12.2 Å². The van der Waals surface area contributed by atoms with Gasteiger partial charge in [-0.2, -0.15) is 5.10 Å². The van der Waals surface area contributed by atoms with Gasteiger partial charge in [-0.05, 0) is 45.2 Å². The van der Waals surface area contributed by atoms with Gasteiger partial charge in [0.1, 0.15) is 0 Å². The fourth-order valence-corrected chi connectivity index (χ4v) is 3.92. The quantitative estimate of drug-likeness (QED) is 0.777. The highest BCUT2D eigenvalue weighted by atomic mass is 16.1. The molecule has 2 aromatic rings. The third-order valence-electron chi connectivity index (χ3n) is 5.66. The molecule has 1 N–H and O–H groups in total. The Hall–Kier alpha value is -2.48. The Labute approximate surface area is 164 Å². The molecule has 2 aromatic heterocycles. The normalized spacial score (nSPS) is 20.2. The van der Waals surface area contributed by atoms with Crippen molar-refractivity contribution in [2.45, 2.75) is 57.7 Å². The molecule has 1 atom stereocenters. The van der Waals surface area contributed by atoms with Crippen LogP contribution in [0.5, 0.6) is 0 Å². The molecule has 1 saturated heterocycles. The molecular weight excluding hydrogens is 356 g/mol. The average Bonchev–Trinajstić information content (AvgIpc) is 3.54. The molecule has 0 spiro atoms. The fourth-order valence-electron chi connectivity index (χ4n) is 3.92. The van der Waals surface area contributed by atoms with Gasteiger partial charge in [0, 0.05) is 43.6 Å². The number of rotatable bonds is 7. The minimum Gasteiger partial charge on any atom is -0.364 e. The van der Waals surface area contributed by atoms with Crippen molar-refractivity contribution in [1.82, 2.24) is 24.2 Å². The third-order valence-corrected chi connectivity index (χ3v) is 5.66. The lowest BCUT2D eigenvalue weighted by Gasteiger charge is -2.35. The van der Waals surface area contributed by atoms with Crippen LogP contribution in [0.4, 0.5) is 5.82 Å². The first kappa shape index (κ1) is 18.9. The van der Waals surface area contributed by atoms with Crippen LogP contribution in [-0.2, 0) is 6.54 Å². The van der Waals surface area contributed by atoms with E-state index < -0.39 is 0 Å². The van der Waals surface area contributed by atoms with Crippen LogP contribution in [0.1, 0.15) is 43.8 Å². The molecule has 1 aliphatic heterocycles. The maximum absolute atomic E-state index is 12.6. The number of likely N-dealkylation sites (tertiary alicyclic amines) is 1. The molecule has 0 aromatic carbocycles. The van der Waals surface area contributed by atoms with E-state index in [9.17, 15) is 9.59 Å². The zero-order chi connectivity index (χ0) is 19.5. The molecule has 2 aliphatic rings. The van der Waals surface area contributed by atoms with Gasteiger partial charge in [-0.15, -0.1) is 0 Å². The van der Waals surface area contributed by atoms with Gasteiger partial charge in [0.2, 0.25) is 0 Å². The lowest BCUT2D eigenvalue weighted by molar-refractivity contribution is 0.148. The molecule has 150 valence electrons. The second kappa shape index (κ2) is 8.26. The van der Waals surface area contributed by atoms with Crippen molar-refractivity contribution in [2.75, 3.05) is 25.0 Å². The van der Waals surface area contributed by atoms with Crippen molar-refractivity contribution in [1.29, 1.82) is 0 Å². The molecule has 0 amide bonds. The molecule has 0 bridgehead atoms. The number of nitrogens with one attached hydrogen (secondary N) is 1. The second-order valence-electron chi connectivity index (χ2n) is 7.82. The van der Waals surface area contributed by atoms with Crippen molar-refractivity contribution >= 4 is 5.82 Å². The zero-order valence-corrected chi connectivity index (χ0v) is 16.4. The van der Waals surface area contributed by atoms with Crippen LogP contribution in [-0.4, -0.2) is 49.9 Å². The van der Waals surface area contributed by atoms with Crippen molar-refractivity contribution in [2.24, 2.45) is 0 Å². The molecule has 1 aliphatic carbocycles. The van der Waals surface area contributed by atoms with E-state index in [0.717, 1.165) is 44.5 Å². The number of anilines is 1. The highest BCUT2D eigenvalue weighted by molar-refractivity contribution is 5.31. The van der Waals surface area contributed by atoms with Crippen LogP contribution in [0.3, 0.4) is 0 Å². The molecule has 8 nitrogen and oxygen atoms in total. The number of aryl methyl sites for hydroxylation is 1.